The third-order valence-electron chi connectivity index (χ3n) is 8.05. The topological polar surface area (TPSA) is 159 Å². The monoisotopic (exact) mass is 585 g/mol. The highest BCUT2D eigenvalue weighted by Gasteiger charge is 2.43. The van der Waals surface area contributed by atoms with Gasteiger partial charge in [-0.25, -0.2) is 0 Å². The van der Waals surface area contributed by atoms with Crippen LogP contribution in [0, 0.1) is 0 Å². The fraction of sp³-hybridized carbons (Fsp3) is 0.867. The Bertz CT molecular complexity index is 737. The predicted molar refractivity (Wildman–Crippen MR) is 157 cm³/mol. The zero-order chi connectivity index (χ0) is 30.5. The van der Waals surface area contributed by atoms with Crippen molar-refractivity contribution in [2.24, 2.45) is 0 Å². The first-order valence-electron chi connectivity index (χ1n) is 15.6. The molecule has 11 heteroatoms. The highest BCUT2D eigenvalue weighted by molar-refractivity contribution is 5.73. The molecular weight excluding hydrogens is 530 g/mol. The van der Waals surface area contributed by atoms with Crippen LogP contribution < -0.4 is 0 Å². The van der Waals surface area contributed by atoms with Gasteiger partial charge in [-0.05, 0) is 6.42 Å². The van der Waals surface area contributed by atoms with Crippen LogP contribution in [0.1, 0.15) is 110 Å². The average molecular weight is 586 g/mol. The summed E-state index contributed by atoms with van der Waals surface area (Å²) < 4.78 is 0. The van der Waals surface area contributed by atoms with E-state index in [1.165, 1.54) is 75.5 Å². The van der Waals surface area contributed by atoms with Crippen molar-refractivity contribution in [3.8, 4) is 0 Å². The number of carboxylic acid groups (broad SMARTS) is 4. The van der Waals surface area contributed by atoms with Gasteiger partial charge in [-0.3, -0.25) is 33.9 Å². The van der Waals surface area contributed by atoms with E-state index in [1.807, 2.05) is 0 Å². The van der Waals surface area contributed by atoms with Gasteiger partial charge in [0.25, 0.3) is 0 Å². The standard InChI is InChI=1S/C30H55N3O8/c1-2-3-4-5-6-7-8-9-10-11-12-13-14-15-16-17-30(33(22-28(38)39)23-29(40)41)24-31(20-26(34)35)18-19-32(25-30)21-27(36)37/h2-25H2,1H3,(H,34,35)(H,36,37)(H,38,39)(H,40,41). The fourth-order valence-corrected chi connectivity index (χ4v) is 6.04. The largest absolute Gasteiger partial charge is 0.480 e. The van der Waals surface area contributed by atoms with Crippen LogP contribution in [0.5, 0.6) is 0 Å². The van der Waals surface area contributed by atoms with E-state index in [2.05, 4.69) is 6.92 Å². The number of aliphatic carboxylic acids is 4. The van der Waals surface area contributed by atoms with Gasteiger partial charge < -0.3 is 20.4 Å². The molecular formula is C30H55N3O8. The third-order valence-corrected chi connectivity index (χ3v) is 8.05. The minimum atomic E-state index is -1.18. The van der Waals surface area contributed by atoms with Crippen LogP contribution in [0.25, 0.3) is 0 Å². The Kier molecular flexibility index (Phi) is 19.3. The first-order valence-corrected chi connectivity index (χ1v) is 15.6. The van der Waals surface area contributed by atoms with Gasteiger partial charge in [0.2, 0.25) is 0 Å². The van der Waals surface area contributed by atoms with Crippen molar-refractivity contribution in [2.75, 3.05) is 52.4 Å². The maximum absolute atomic E-state index is 11.7. The fourth-order valence-electron chi connectivity index (χ4n) is 6.04. The SMILES string of the molecule is CCCCCCCCCCCCCCCCCC1(N(CC(=O)O)CC(=O)O)CN(CC(=O)O)CCN(CC(=O)O)C1. The van der Waals surface area contributed by atoms with Gasteiger partial charge in [-0.2, -0.15) is 0 Å². The second-order valence-corrected chi connectivity index (χ2v) is 11.8. The van der Waals surface area contributed by atoms with Gasteiger partial charge in [-0.15, -0.1) is 0 Å². The lowest BCUT2D eigenvalue weighted by Crippen LogP contribution is -2.62. The van der Waals surface area contributed by atoms with Crippen LogP contribution in [0.15, 0.2) is 0 Å². The summed E-state index contributed by atoms with van der Waals surface area (Å²) in [6.45, 7) is 1.55. The van der Waals surface area contributed by atoms with Gasteiger partial charge in [0, 0.05) is 31.7 Å². The third kappa shape index (κ3) is 17.3. The first-order chi connectivity index (χ1) is 19.6. The highest BCUT2D eigenvalue weighted by Crippen LogP contribution is 2.29. The van der Waals surface area contributed by atoms with Crippen LogP contribution in [-0.4, -0.2) is 117 Å². The van der Waals surface area contributed by atoms with Crippen LogP contribution in [-0.2, 0) is 19.2 Å². The summed E-state index contributed by atoms with van der Waals surface area (Å²) in [4.78, 5) is 51.3. The summed E-state index contributed by atoms with van der Waals surface area (Å²) in [6.07, 6.45) is 18.5. The quantitative estimate of drug-likeness (QED) is 0.113. The molecule has 11 nitrogen and oxygen atoms in total. The van der Waals surface area contributed by atoms with E-state index in [9.17, 15) is 39.6 Å². The molecule has 1 heterocycles. The van der Waals surface area contributed by atoms with Crippen LogP contribution in [0.2, 0.25) is 0 Å². The van der Waals surface area contributed by atoms with Crippen molar-refractivity contribution in [1.29, 1.82) is 0 Å². The molecule has 0 spiro atoms. The molecule has 4 N–H and O–H groups in total. The summed E-state index contributed by atoms with van der Waals surface area (Å²) in [5, 5.41) is 38.0. The zero-order valence-corrected chi connectivity index (χ0v) is 25.2. The minimum absolute atomic E-state index is 0.161. The van der Waals surface area contributed by atoms with Crippen molar-refractivity contribution in [1.82, 2.24) is 14.7 Å². The van der Waals surface area contributed by atoms with E-state index >= 15 is 0 Å². The number of nitrogens with zero attached hydrogens (tertiary/aromatic N) is 3. The van der Waals surface area contributed by atoms with Crippen LogP contribution in [0.4, 0.5) is 0 Å². The predicted octanol–water partition coefficient (Wildman–Crippen LogP) is 4.24. The summed E-state index contributed by atoms with van der Waals surface area (Å²) in [5.74, 6) is -4.44. The summed E-state index contributed by atoms with van der Waals surface area (Å²) in [7, 11) is 0. The normalized spacial score (nSPS) is 16.0. The highest BCUT2D eigenvalue weighted by atomic mass is 16.4. The molecule has 1 aliphatic heterocycles. The Morgan fingerprint density at radius 3 is 1.22 bits per heavy atom. The van der Waals surface area contributed by atoms with Gasteiger partial charge in [0.1, 0.15) is 0 Å². The number of carbonyl (C=O) groups is 4. The number of carboxylic acids is 4. The summed E-state index contributed by atoms with van der Waals surface area (Å²) in [5.41, 5.74) is -1.01. The molecule has 0 amide bonds. The molecule has 0 aromatic carbocycles. The second kappa shape index (κ2) is 21.5. The molecule has 0 aliphatic carbocycles. The van der Waals surface area contributed by atoms with E-state index in [4.69, 9.17) is 0 Å². The van der Waals surface area contributed by atoms with Gasteiger partial charge in [0.05, 0.1) is 26.2 Å². The molecule has 0 bridgehead atoms. The smallest absolute Gasteiger partial charge is 0.317 e. The molecule has 0 unspecified atom stereocenters. The summed E-state index contributed by atoms with van der Waals surface area (Å²) >= 11 is 0. The van der Waals surface area contributed by atoms with E-state index < -0.39 is 42.5 Å². The van der Waals surface area contributed by atoms with E-state index in [0.29, 0.717) is 19.5 Å². The van der Waals surface area contributed by atoms with Crippen LogP contribution >= 0.6 is 0 Å². The Labute approximate surface area is 245 Å². The first kappa shape index (κ1) is 36.8. The lowest BCUT2D eigenvalue weighted by molar-refractivity contribution is -0.148. The molecule has 1 fully saturated rings. The molecule has 0 aromatic rings. The van der Waals surface area contributed by atoms with E-state index in [-0.39, 0.29) is 26.2 Å². The zero-order valence-electron chi connectivity index (χ0n) is 25.2. The molecule has 0 aromatic heterocycles. The van der Waals surface area contributed by atoms with Crippen molar-refractivity contribution in [3.63, 3.8) is 0 Å². The second-order valence-electron chi connectivity index (χ2n) is 11.8. The maximum atomic E-state index is 11.7. The minimum Gasteiger partial charge on any atom is -0.480 e. The Balaban J connectivity index is 2.70. The molecule has 0 atom stereocenters. The van der Waals surface area contributed by atoms with Gasteiger partial charge in [0.15, 0.2) is 0 Å². The molecule has 0 radical (unpaired) electrons. The maximum Gasteiger partial charge on any atom is 0.317 e. The van der Waals surface area contributed by atoms with Gasteiger partial charge in [-0.1, -0.05) is 103 Å². The molecule has 238 valence electrons. The number of hydrogen-bond acceptors (Lipinski definition) is 7. The number of rotatable bonds is 25. The Hall–Kier alpha value is -2.24. The van der Waals surface area contributed by atoms with E-state index in [0.717, 1.165) is 25.7 Å². The molecule has 41 heavy (non-hydrogen) atoms. The van der Waals surface area contributed by atoms with Crippen molar-refractivity contribution < 1.29 is 39.6 Å². The Morgan fingerprint density at radius 1 is 0.561 bits per heavy atom. The lowest BCUT2D eigenvalue weighted by Gasteiger charge is -2.45. The molecule has 1 rings (SSSR count). The lowest BCUT2D eigenvalue weighted by atomic mass is 9.88. The number of hydrogen-bond donors (Lipinski definition) is 4. The Morgan fingerprint density at radius 2 is 0.902 bits per heavy atom. The van der Waals surface area contributed by atoms with E-state index in [1.54, 1.807) is 9.80 Å². The van der Waals surface area contributed by atoms with Crippen molar-refractivity contribution in [2.45, 2.75) is 115 Å². The molecule has 1 aliphatic rings. The molecule has 0 saturated carbocycles. The van der Waals surface area contributed by atoms with Gasteiger partial charge >= 0.3 is 23.9 Å². The average Bonchev–Trinajstić information content (AvgIpc) is 3.04. The van der Waals surface area contributed by atoms with Crippen LogP contribution in [0.3, 0.4) is 0 Å². The van der Waals surface area contributed by atoms with Crippen molar-refractivity contribution in [3.05, 3.63) is 0 Å². The number of unbranched alkanes of at least 4 members (excludes halogenated alkanes) is 14. The van der Waals surface area contributed by atoms with Crippen molar-refractivity contribution >= 4 is 23.9 Å². The molecule has 1 saturated heterocycles. The summed E-state index contributed by atoms with van der Waals surface area (Å²) in [6, 6.07) is 0.